The molecule has 1 fully saturated rings. The highest BCUT2D eigenvalue weighted by Gasteiger charge is 2.28. The molecule has 0 aromatic heterocycles. The first-order chi connectivity index (χ1) is 8.08. The molecule has 6 heteroatoms. The molecule has 2 rings (SSSR count). The minimum atomic E-state index is -0.333. The molecule has 0 spiro atoms. The number of carbonyl (C=O) groups excluding carboxylic acids is 1. The summed E-state index contributed by atoms with van der Waals surface area (Å²) in [5, 5.41) is 2.79. The Morgan fingerprint density at radius 2 is 2.22 bits per heavy atom. The Morgan fingerprint density at radius 1 is 1.56 bits per heavy atom. The molecule has 3 N–H and O–H groups in total. The van der Waals surface area contributed by atoms with Crippen molar-refractivity contribution in [3.8, 4) is 0 Å². The number of rotatable bonds is 4. The van der Waals surface area contributed by atoms with Gasteiger partial charge in [0.05, 0.1) is 5.56 Å². The van der Waals surface area contributed by atoms with E-state index >= 15 is 0 Å². The molecule has 0 radical (unpaired) electrons. The van der Waals surface area contributed by atoms with Gasteiger partial charge >= 0.3 is 0 Å². The summed E-state index contributed by atoms with van der Waals surface area (Å²) < 4.78 is 13.5. The van der Waals surface area contributed by atoms with Gasteiger partial charge in [0.25, 0.3) is 5.91 Å². The Hall–Kier alpha value is -0.400. The van der Waals surface area contributed by atoms with Crippen LogP contribution in [0.1, 0.15) is 23.2 Å². The predicted octanol–water partition coefficient (Wildman–Crippen LogP) is 2.32. The Balaban J connectivity index is 0.00000162. The maximum atomic E-state index is 12.9. The van der Waals surface area contributed by atoms with E-state index in [0.29, 0.717) is 21.6 Å². The normalized spacial score (nSPS) is 15.7. The van der Waals surface area contributed by atoms with Crippen LogP contribution < -0.4 is 11.1 Å². The molecule has 1 aromatic carbocycles. The van der Waals surface area contributed by atoms with E-state index in [9.17, 15) is 9.18 Å². The Kier molecular flexibility index (Phi) is 5.81. The molecular formula is C12H15ClFIN2O. The molecule has 1 unspecified atom stereocenters. The number of halogens is 3. The van der Waals surface area contributed by atoms with Gasteiger partial charge in [-0.1, -0.05) is 0 Å². The van der Waals surface area contributed by atoms with Crippen LogP contribution in [0.2, 0.25) is 0 Å². The number of hydrogen-bond acceptors (Lipinski definition) is 2. The molecule has 18 heavy (non-hydrogen) atoms. The van der Waals surface area contributed by atoms with Gasteiger partial charge in [-0.15, -0.1) is 12.4 Å². The second-order valence-electron chi connectivity index (χ2n) is 4.34. The SMILES string of the molecule is Cl.NC(CNC(=O)c1ccc(F)cc1I)C1CC1. The van der Waals surface area contributed by atoms with Crippen molar-refractivity contribution in [3.63, 3.8) is 0 Å². The van der Waals surface area contributed by atoms with Crippen LogP contribution in [0.3, 0.4) is 0 Å². The van der Waals surface area contributed by atoms with E-state index in [4.69, 9.17) is 5.73 Å². The summed E-state index contributed by atoms with van der Waals surface area (Å²) in [7, 11) is 0. The van der Waals surface area contributed by atoms with Crippen LogP contribution in [0.4, 0.5) is 4.39 Å². The Labute approximate surface area is 125 Å². The van der Waals surface area contributed by atoms with E-state index < -0.39 is 0 Å². The monoisotopic (exact) mass is 384 g/mol. The average molecular weight is 385 g/mol. The van der Waals surface area contributed by atoms with Crippen molar-refractivity contribution >= 4 is 40.9 Å². The molecule has 0 saturated heterocycles. The molecule has 1 aliphatic carbocycles. The van der Waals surface area contributed by atoms with Crippen molar-refractivity contribution in [2.24, 2.45) is 11.7 Å². The number of amides is 1. The fourth-order valence-corrected chi connectivity index (χ4v) is 2.39. The first kappa shape index (κ1) is 15.7. The molecule has 1 aromatic rings. The third-order valence-electron chi connectivity index (χ3n) is 2.90. The fourth-order valence-electron chi connectivity index (χ4n) is 1.67. The quantitative estimate of drug-likeness (QED) is 0.783. The lowest BCUT2D eigenvalue weighted by Gasteiger charge is -2.12. The van der Waals surface area contributed by atoms with Crippen LogP contribution in [0, 0.1) is 15.3 Å². The average Bonchev–Trinajstić information content (AvgIpc) is 3.09. The van der Waals surface area contributed by atoms with E-state index in [0.717, 1.165) is 12.8 Å². The van der Waals surface area contributed by atoms with Crippen LogP contribution in [-0.2, 0) is 0 Å². The van der Waals surface area contributed by atoms with Gasteiger partial charge in [-0.05, 0) is 59.5 Å². The topological polar surface area (TPSA) is 55.1 Å². The zero-order valence-electron chi connectivity index (χ0n) is 9.66. The molecule has 1 aliphatic rings. The first-order valence-corrected chi connectivity index (χ1v) is 6.64. The van der Waals surface area contributed by atoms with Crippen LogP contribution >= 0.6 is 35.0 Å². The first-order valence-electron chi connectivity index (χ1n) is 5.57. The van der Waals surface area contributed by atoms with Crippen molar-refractivity contribution in [3.05, 3.63) is 33.1 Å². The van der Waals surface area contributed by atoms with Crippen molar-refractivity contribution < 1.29 is 9.18 Å². The Bertz CT molecular complexity index is 440. The molecule has 0 bridgehead atoms. The lowest BCUT2D eigenvalue weighted by atomic mass is 10.2. The molecule has 1 saturated carbocycles. The van der Waals surface area contributed by atoms with Crippen molar-refractivity contribution in [2.75, 3.05) is 6.54 Å². The number of nitrogens with two attached hydrogens (primary N) is 1. The van der Waals surface area contributed by atoms with Gasteiger partial charge in [-0.25, -0.2) is 4.39 Å². The second-order valence-corrected chi connectivity index (χ2v) is 5.50. The molecular weight excluding hydrogens is 370 g/mol. The molecule has 100 valence electrons. The van der Waals surface area contributed by atoms with Gasteiger partial charge in [-0.2, -0.15) is 0 Å². The van der Waals surface area contributed by atoms with Crippen LogP contribution in [0.5, 0.6) is 0 Å². The summed E-state index contributed by atoms with van der Waals surface area (Å²) in [6.45, 7) is 0.483. The zero-order valence-corrected chi connectivity index (χ0v) is 12.6. The highest BCUT2D eigenvalue weighted by atomic mass is 127. The van der Waals surface area contributed by atoms with E-state index in [1.807, 2.05) is 22.6 Å². The van der Waals surface area contributed by atoms with E-state index in [2.05, 4.69) is 5.32 Å². The van der Waals surface area contributed by atoms with Crippen LogP contribution in [-0.4, -0.2) is 18.5 Å². The summed E-state index contributed by atoms with van der Waals surface area (Å²) in [6.07, 6.45) is 2.32. The smallest absolute Gasteiger partial charge is 0.252 e. The van der Waals surface area contributed by atoms with E-state index in [-0.39, 0.29) is 30.2 Å². The maximum absolute atomic E-state index is 12.9. The van der Waals surface area contributed by atoms with Crippen LogP contribution in [0.15, 0.2) is 18.2 Å². The minimum absolute atomic E-state index is 0. The van der Waals surface area contributed by atoms with E-state index in [1.165, 1.54) is 18.2 Å². The summed E-state index contributed by atoms with van der Waals surface area (Å²) in [5.74, 6) is 0.0359. The van der Waals surface area contributed by atoms with Gasteiger partial charge in [0.15, 0.2) is 0 Å². The number of nitrogens with one attached hydrogen (secondary N) is 1. The third kappa shape index (κ3) is 4.07. The van der Waals surface area contributed by atoms with Gasteiger partial charge in [0.1, 0.15) is 5.82 Å². The number of benzene rings is 1. The van der Waals surface area contributed by atoms with Crippen molar-refractivity contribution in [1.29, 1.82) is 0 Å². The predicted molar refractivity (Wildman–Crippen MR) is 79.4 cm³/mol. The molecule has 1 atom stereocenters. The Morgan fingerprint density at radius 3 is 2.78 bits per heavy atom. The highest BCUT2D eigenvalue weighted by Crippen LogP contribution is 2.31. The van der Waals surface area contributed by atoms with Gasteiger partial charge < -0.3 is 11.1 Å². The third-order valence-corrected chi connectivity index (χ3v) is 3.79. The highest BCUT2D eigenvalue weighted by molar-refractivity contribution is 14.1. The summed E-state index contributed by atoms with van der Waals surface area (Å²) in [4.78, 5) is 11.8. The summed E-state index contributed by atoms with van der Waals surface area (Å²) in [5.41, 5.74) is 6.39. The van der Waals surface area contributed by atoms with Gasteiger partial charge in [-0.3, -0.25) is 4.79 Å². The van der Waals surface area contributed by atoms with Crippen molar-refractivity contribution in [2.45, 2.75) is 18.9 Å². The van der Waals surface area contributed by atoms with Gasteiger partial charge in [0, 0.05) is 16.2 Å². The standard InChI is InChI=1S/C12H14FIN2O.ClH/c13-8-3-4-9(10(14)5-8)12(17)16-6-11(15)7-1-2-7;/h3-5,7,11H,1-2,6,15H2,(H,16,17);1H. The molecule has 3 nitrogen and oxygen atoms in total. The van der Waals surface area contributed by atoms with E-state index in [1.54, 1.807) is 0 Å². The minimum Gasteiger partial charge on any atom is -0.350 e. The lowest BCUT2D eigenvalue weighted by molar-refractivity contribution is 0.0949. The largest absolute Gasteiger partial charge is 0.350 e. The van der Waals surface area contributed by atoms with Crippen LogP contribution in [0.25, 0.3) is 0 Å². The molecule has 0 heterocycles. The van der Waals surface area contributed by atoms with Gasteiger partial charge in [0.2, 0.25) is 0 Å². The lowest BCUT2D eigenvalue weighted by Crippen LogP contribution is -2.38. The molecule has 0 aliphatic heterocycles. The fraction of sp³-hybridized carbons (Fsp3) is 0.417. The summed E-state index contributed by atoms with van der Waals surface area (Å²) in [6, 6.07) is 4.17. The number of hydrogen-bond donors (Lipinski definition) is 2. The molecule has 1 amide bonds. The maximum Gasteiger partial charge on any atom is 0.252 e. The van der Waals surface area contributed by atoms with Crippen molar-refractivity contribution in [1.82, 2.24) is 5.32 Å². The number of carbonyl (C=O) groups is 1. The zero-order chi connectivity index (χ0) is 12.4. The second kappa shape index (κ2) is 6.68. The summed E-state index contributed by atoms with van der Waals surface area (Å²) >= 11 is 1.95.